The zero-order valence-corrected chi connectivity index (χ0v) is 7.38. The fourth-order valence-corrected chi connectivity index (χ4v) is 1.29. The molecule has 1 aliphatic rings. The molecule has 0 aromatic rings. The highest BCUT2D eigenvalue weighted by Gasteiger charge is 2.12. The molecule has 0 aromatic carbocycles. The lowest BCUT2D eigenvalue weighted by Gasteiger charge is -2.21. The Morgan fingerprint density at radius 2 is 2.09 bits per heavy atom. The zero-order valence-electron chi connectivity index (χ0n) is 7.38. The number of rotatable bonds is 4. The highest BCUT2D eigenvalue weighted by Crippen LogP contribution is 2.08. The Kier molecular flexibility index (Phi) is 4.55. The van der Waals surface area contributed by atoms with Crippen molar-refractivity contribution < 1.29 is 4.74 Å². The molecule has 0 bridgehead atoms. The van der Waals surface area contributed by atoms with Crippen molar-refractivity contribution in [2.75, 3.05) is 19.7 Å². The van der Waals surface area contributed by atoms with E-state index in [1.165, 1.54) is 12.8 Å². The summed E-state index contributed by atoms with van der Waals surface area (Å²) < 4.78 is 5.66. The minimum absolute atomic E-state index is 0.513. The minimum Gasteiger partial charge on any atom is -0.378 e. The zero-order chi connectivity index (χ0) is 7.94. The van der Waals surface area contributed by atoms with Crippen molar-refractivity contribution in [2.45, 2.75) is 38.7 Å². The quantitative estimate of drug-likeness (QED) is 0.567. The highest BCUT2D eigenvalue weighted by atomic mass is 16.5. The lowest BCUT2D eigenvalue weighted by Crippen LogP contribution is -2.28. The van der Waals surface area contributed by atoms with E-state index in [9.17, 15) is 0 Å². The molecule has 1 saturated heterocycles. The van der Waals surface area contributed by atoms with Crippen LogP contribution in [0, 0.1) is 0 Å². The number of nitrogens with zero attached hydrogens (tertiary/aromatic N) is 1. The summed E-state index contributed by atoms with van der Waals surface area (Å²) >= 11 is 0. The van der Waals surface area contributed by atoms with Crippen molar-refractivity contribution in [2.24, 2.45) is 0 Å². The molecule has 65 valence electrons. The normalized spacial score (nSPS) is 20.5. The van der Waals surface area contributed by atoms with E-state index in [0.29, 0.717) is 6.10 Å². The number of hydrogen-bond donors (Lipinski definition) is 0. The van der Waals surface area contributed by atoms with E-state index in [1.807, 2.05) is 0 Å². The topological polar surface area (TPSA) is 23.3 Å². The van der Waals surface area contributed by atoms with Crippen molar-refractivity contribution in [3.8, 4) is 0 Å². The number of hydrogen-bond acceptors (Lipinski definition) is 1. The van der Waals surface area contributed by atoms with Crippen LogP contribution in [0.3, 0.4) is 0 Å². The molecule has 1 radical (unpaired) electrons. The fraction of sp³-hybridized carbons (Fsp3) is 1.00. The Bertz CT molecular complexity index is 89.6. The van der Waals surface area contributed by atoms with Crippen molar-refractivity contribution in [3.05, 3.63) is 0 Å². The second-order valence-electron chi connectivity index (χ2n) is 3.09. The Morgan fingerprint density at radius 1 is 1.36 bits per heavy atom. The predicted octanol–water partition coefficient (Wildman–Crippen LogP) is 1.57. The van der Waals surface area contributed by atoms with E-state index < -0.39 is 0 Å². The molecular weight excluding hydrogens is 138 g/mol. The van der Waals surface area contributed by atoms with Crippen LogP contribution in [-0.2, 0) is 4.74 Å². The molecule has 0 unspecified atom stereocenters. The van der Waals surface area contributed by atoms with Gasteiger partial charge in [0.05, 0.1) is 6.10 Å². The van der Waals surface area contributed by atoms with E-state index >= 15 is 0 Å². The maximum atomic E-state index is 5.66. The molecule has 1 aliphatic heterocycles. The van der Waals surface area contributed by atoms with Gasteiger partial charge in [0.2, 0.25) is 0 Å². The first kappa shape index (κ1) is 9.01. The Morgan fingerprint density at radius 3 is 2.73 bits per heavy atom. The Balaban J connectivity index is 1.96. The van der Waals surface area contributed by atoms with Crippen molar-refractivity contribution >= 4 is 0 Å². The van der Waals surface area contributed by atoms with Gasteiger partial charge < -0.3 is 4.74 Å². The van der Waals surface area contributed by atoms with Gasteiger partial charge in [0.25, 0.3) is 0 Å². The number of unbranched alkanes of at least 4 members (excludes halogenated alkanes) is 1. The van der Waals surface area contributed by atoms with Crippen molar-refractivity contribution in [1.29, 1.82) is 0 Å². The van der Waals surface area contributed by atoms with Crippen molar-refractivity contribution in [3.63, 3.8) is 0 Å². The molecule has 0 amide bonds. The van der Waals surface area contributed by atoms with Gasteiger partial charge >= 0.3 is 0 Å². The van der Waals surface area contributed by atoms with Crippen LogP contribution >= 0.6 is 0 Å². The summed E-state index contributed by atoms with van der Waals surface area (Å²) in [4.78, 5) is 0. The van der Waals surface area contributed by atoms with E-state index in [0.717, 1.165) is 32.5 Å². The van der Waals surface area contributed by atoms with Gasteiger partial charge in [0.15, 0.2) is 0 Å². The lowest BCUT2D eigenvalue weighted by molar-refractivity contribution is 0.0308. The van der Waals surface area contributed by atoms with Gasteiger partial charge in [-0.15, -0.1) is 0 Å². The molecule has 1 fully saturated rings. The van der Waals surface area contributed by atoms with Crippen LogP contribution in [0.5, 0.6) is 0 Å². The third kappa shape index (κ3) is 3.73. The standard InChI is InChI=1S/C9H18NO/c1-2-3-8-11-9-4-6-10-7-5-9/h9H,2-8H2,1H3. The van der Waals surface area contributed by atoms with E-state index in [4.69, 9.17) is 4.74 Å². The van der Waals surface area contributed by atoms with Crippen LogP contribution < -0.4 is 5.32 Å². The molecule has 0 N–H and O–H groups in total. The first-order chi connectivity index (χ1) is 5.43. The lowest BCUT2D eigenvalue weighted by atomic mass is 10.1. The molecular formula is C9H18NO. The molecule has 0 spiro atoms. The maximum absolute atomic E-state index is 5.66. The summed E-state index contributed by atoms with van der Waals surface area (Å²) in [5.41, 5.74) is 0. The average Bonchev–Trinajstić information content (AvgIpc) is 2.07. The van der Waals surface area contributed by atoms with Gasteiger partial charge in [-0.05, 0) is 19.3 Å². The first-order valence-electron chi connectivity index (χ1n) is 4.68. The van der Waals surface area contributed by atoms with Crippen LogP contribution in [0.4, 0.5) is 0 Å². The molecule has 0 saturated carbocycles. The van der Waals surface area contributed by atoms with E-state index in [2.05, 4.69) is 12.2 Å². The SMILES string of the molecule is CCCCOC1CC[N]CC1. The summed E-state index contributed by atoms with van der Waals surface area (Å²) in [6, 6.07) is 0. The summed E-state index contributed by atoms with van der Waals surface area (Å²) in [5, 5.41) is 4.28. The average molecular weight is 156 g/mol. The third-order valence-corrected chi connectivity index (χ3v) is 2.07. The van der Waals surface area contributed by atoms with Crippen LogP contribution in [0.25, 0.3) is 0 Å². The van der Waals surface area contributed by atoms with Gasteiger partial charge in [-0.2, -0.15) is 0 Å². The largest absolute Gasteiger partial charge is 0.378 e. The number of ether oxygens (including phenoxy) is 1. The fourth-order valence-electron chi connectivity index (χ4n) is 1.29. The second-order valence-corrected chi connectivity index (χ2v) is 3.09. The molecule has 0 atom stereocenters. The van der Waals surface area contributed by atoms with Crippen molar-refractivity contribution in [1.82, 2.24) is 5.32 Å². The molecule has 1 rings (SSSR count). The van der Waals surface area contributed by atoms with Crippen LogP contribution in [0.1, 0.15) is 32.6 Å². The Labute approximate surface area is 69.3 Å². The molecule has 2 heteroatoms. The minimum atomic E-state index is 0.513. The number of piperidine rings is 1. The molecule has 2 nitrogen and oxygen atoms in total. The summed E-state index contributed by atoms with van der Waals surface area (Å²) in [6.45, 7) is 5.16. The third-order valence-electron chi connectivity index (χ3n) is 2.07. The molecule has 1 heterocycles. The van der Waals surface area contributed by atoms with Gasteiger partial charge in [0, 0.05) is 19.7 Å². The van der Waals surface area contributed by atoms with E-state index in [1.54, 1.807) is 0 Å². The first-order valence-corrected chi connectivity index (χ1v) is 4.68. The smallest absolute Gasteiger partial charge is 0.0600 e. The van der Waals surface area contributed by atoms with Gasteiger partial charge in [-0.25, -0.2) is 5.32 Å². The molecule has 0 aromatic heterocycles. The highest BCUT2D eigenvalue weighted by molar-refractivity contribution is 4.67. The predicted molar refractivity (Wildman–Crippen MR) is 45.8 cm³/mol. The summed E-state index contributed by atoms with van der Waals surface area (Å²) in [6.07, 6.45) is 5.23. The van der Waals surface area contributed by atoms with Crippen LogP contribution in [0.15, 0.2) is 0 Å². The maximum Gasteiger partial charge on any atom is 0.0600 e. The Hall–Kier alpha value is -0.0800. The molecule has 0 aliphatic carbocycles. The van der Waals surface area contributed by atoms with Gasteiger partial charge in [-0.1, -0.05) is 13.3 Å². The van der Waals surface area contributed by atoms with Gasteiger partial charge in [-0.3, -0.25) is 0 Å². The van der Waals surface area contributed by atoms with Gasteiger partial charge in [0.1, 0.15) is 0 Å². The van der Waals surface area contributed by atoms with Crippen LogP contribution in [-0.4, -0.2) is 25.8 Å². The van der Waals surface area contributed by atoms with Crippen LogP contribution in [0.2, 0.25) is 0 Å². The second kappa shape index (κ2) is 5.56. The molecule has 11 heavy (non-hydrogen) atoms. The monoisotopic (exact) mass is 156 g/mol. The summed E-state index contributed by atoms with van der Waals surface area (Å²) in [5.74, 6) is 0. The van der Waals surface area contributed by atoms with E-state index in [-0.39, 0.29) is 0 Å². The summed E-state index contributed by atoms with van der Waals surface area (Å²) in [7, 11) is 0.